The molecular formula is C21H26FN3O5. The van der Waals surface area contributed by atoms with Gasteiger partial charge in [-0.05, 0) is 32.8 Å². The SMILES string of the molecule is COC1CCN(C(=O)c2noc3c(F)c(N4CC(C)OC(C)C4)c(C=O)cc23)CC1. The van der Waals surface area contributed by atoms with Crippen molar-refractivity contribution in [1.82, 2.24) is 10.1 Å². The molecule has 30 heavy (non-hydrogen) atoms. The Kier molecular flexibility index (Phi) is 5.75. The quantitative estimate of drug-likeness (QED) is 0.705. The Bertz CT molecular complexity index is 944. The standard InChI is InChI=1S/C21H26FN3O5/c1-12-9-25(10-13(2)29-12)19-14(11-26)8-16-18(23-30-20(16)17(19)22)21(27)24-6-4-15(28-3)5-7-24/h8,11-13,15H,4-7,9-10H2,1-3H3. The highest BCUT2D eigenvalue weighted by molar-refractivity contribution is 6.07. The van der Waals surface area contributed by atoms with Crippen LogP contribution < -0.4 is 4.90 Å². The largest absolute Gasteiger partial charge is 0.381 e. The molecular weight excluding hydrogens is 393 g/mol. The van der Waals surface area contributed by atoms with Gasteiger partial charge in [-0.2, -0.15) is 0 Å². The number of halogens is 1. The molecule has 2 saturated heterocycles. The van der Waals surface area contributed by atoms with Gasteiger partial charge in [-0.3, -0.25) is 9.59 Å². The average molecular weight is 419 g/mol. The number of aromatic nitrogens is 1. The highest BCUT2D eigenvalue weighted by Gasteiger charge is 2.32. The lowest BCUT2D eigenvalue weighted by Gasteiger charge is -2.37. The summed E-state index contributed by atoms with van der Waals surface area (Å²) < 4.78 is 31.8. The maximum absolute atomic E-state index is 15.5. The molecule has 0 N–H and O–H groups in total. The Hall–Kier alpha value is -2.52. The number of aldehydes is 1. The zero-order chi connectivity index (χ0) is 21.4. The summed E-state index contributed by atoms with van der Waals surface area (Å²) in [6, 6.07) is 1.50. The lowest BCUT2D eigenvalue weighted by molar-refractivity contribution is -0.00543. The number of morpholine rings is 1. The Morgan fingerprint density at radius 2 is 1.93 bits per heavy atom. The van der Waals surface area contributed by atoms with Crippen LogP contribution in [0.3, 0.4) is 0 Å². The molecule has 162 valence electrons. The fraction of sp³-hybridized carbons (Fsp3) is 0.571. The van der Waals surface area contributed by atoms with Gasteiger partial charge in [0.1, 0.15) is 0 Å². The number of piperidine rings is 1. The third-order valence-corrected chi connectivity index (χ3v) is 5.84. The highest BCUT2D eigenvalue weighted by Crippen LogP contribution is 2.34. The number of ether oxygens (including phenoxy) is 2. The van der Waals surface area contributed by atoms with Crippen LogP contribution >= 0.6 is 0 Å². The van der Waals surface area contributed by atoms with Crippen molar-refractivity contribution >= 4 is 28.8 Å². The zero-order valence-electron chi connectivity index (χ0n) is 17.4. The molecule has 2 aliphatic rings. The van der Waals surface area contributed by atoms with Gasteiger partial charge in [-0.25, -0.2) is 4.39 Å². The molecule has 2 fully saturated rings. The van der Waals surface area contributed by atoms with Crippen molar-refractivity contribution in [3.63, 3.8) is 0 Å². The molecule has 2 aliphatic heterocycles. The van der Waals surface area contributed by atoms with E-state index in [0.717, 1.165) is 12.8 Å². The molecule has 0 aliphatic carbocycles. The molecule has 8 nitrogen and oxygen atoms in total. The van der Waals surface area contributed by atoms with Crippen molar-refractivity contribution in [3.05, 3.63) is 23.1 Å². The van der Waals surface area contributed by atoms with Gasteiger partial charge in [0.25, 0.3) is 5.91 Å². The molecule has 3 heterocycles. The lowest BCUT2D eigenvalue weighted by atomic mass is 10.0. The van der Waals surface area contributed by atoms with E-state index in [1.165, 1.54) is 6.07 Å². The van der Waals surface area contributed by atoms with Gasteiger partial charge >= 0.3 is 0 Å². The van der Waals surface area contributed by atoms with Gasteiger partial charge in [0, 0.05) is 38.9 Å². The normalized spacial score (nSPS) is 23.2. The van der Waals surface area contributed by atoms with Crippen LogP contribution in [-0.4, -0.2) is 73.9 Å². The number of rotatable bonds is 4. The molecule has 9 heteroatoms. The summed E-state index contributed by atoms with van der Waals surface area (Å²) >= 11 is 0. The summed E-state index contributed by atoms with van der Waals surface area (Å²) in [6.07, 6.45) is 1.97. The van der Waals surface area contributed by atoms with Crippen molar-refractivity contribution < 1.29 is 28.0 Å². The second kappa shape index (κ2) is 8.31. The Morgan fingerprint density at radius 3 is 2.53 bits per heavy atom. The monoisotopic (exact) mass is 419 g/mol. The van der Waals surface area contributed by atoms with E-state index in [9.17, 15) is 9.59 Å². The first-order chi connectivity index (χ1) is 14.4. The first-order valence-electron chi connectivity index (χ1n) is 10.2. The number of likely N-dealkylation sites (tertiary alicyclic amines) is 1. The molecule has 2 unspecified atom stereocenters. The summed E-state index contributed by atoms with van der Waals surface area (Å²) in [5, 5.41) is 4.08. The fourth-order valence-corrected chi connectivity index (χ4v) is 4.42. The van der Waals surface area contributed by atoms with E-state index < -0.39 is 5.82 Å². The Labute approximate surface area is 173 Å². The minimum absolute atomic E-state index is 0.0260. The number of fused-ring (bicyclic) bond motifs is 1. The van der Waals surface area contributed by atoms with Crippen molar-refractivity contribution in [2.75, 3.05) is 38.2 Å². The first-order valence-corrected chi connectivity index (χ1v) is 10.2. The number of amides is 1. The topological polar surface area (TPSA) is 85.1 Å². The van der Waals surface area contributed by atoms with Crippen molar-refractivity contribution in [1.29, 1.82) is 0 Å². The van der Waals surface area contributed by atoms with Crippen LogP contribution in [0, 0.1) is 5.82 Å². The summed E-state index contributed by atoms with van der Waals surface area (Å²) in [6.45, 7) is 5.74. The van der Waals surface area contributed by atoms with Crippen LogP contribution in [0.5, 0.6) is 0 Å². The molecule has 4 rings (SSSR count). The molecule has 1 aromatic heterocycles. The van der Waals surface area contributed by atoms with Gasteiger partial charge in [-0.1, -0.05) is 5.16 Å². The second-order valence-electron chi connectivity index (χ2n) is 8.04. The molecule has 0 spiro atoms. The maximum atomic E-state index is 15.5. The van der Waals surface area contributed by atoms with Crippen LogP contribution in [0.2, 0.25) is 0 Å². The molecule has 1 aromatic carbocycles. The third kappa shape index (κ3) is 3.67. The Balaban J connectivity index is 1.69. The van der Waals surface area contributed by atoms with E-state index in [-0.39, 0.29) is 52.1 Å². The van der Waals surface area contributed by atoms with Gasteiger partial charge in [0.15, 0.2) is 17.8 Å². The van der Waals surface area contributed by atoms with Crippen LogP contribution in [0.1, 0.15) is 47.5 Å². The minimum Gasteiger partial charge on any atom is -0.381 e. The second-order valence-corrected chi connectivity index (χ2v) is 8.04. The number of benzene rings is 1. The summed E-state index contributed by atoms with van der Waals surface area (Å²) in [5.74, 6) is -1.01. The number of anilines is 1. The lowest BCUT2D eigenvalue weighted by Crippen LogP contribution is -2.46. The van der Waals surface area contributed by atoms with Crippen molar-refractivity contribution in [2.24, 2.45) is 0 Å². The molecule has 2 atom stereocenters. The van der Waals surface area contributed by atoms with Gasteiger partial charge in [-0.15, -0.1) is 0 Å². The number of nitrogens with zero attached hydrogens (tertiary/aromatic N) is 3. The fourth-order valence-electron chi connectivity index (χ4n) is 4.42. The van der Waals surface area contributed by atoms with Crippen LogP contribution in [-0.2, 0) is 9.47 Å². The van der Waals surface area contributed by atoms with Crippen LogP contribution in [0.4, 0.5) is 10.1 Å². The molecule has 0 bridgehead atoms. The minimum atomic E-state index is -0.680. The van der Waals surface area contributed by atoms with Crippen molar-refractivity contribution in [2.45, 2.75) is 45.0 Å². The first kappa shape index (κ1) is 20.7. The molecule has 0 radical (unpaired) electrons. The number of methoxy groups -OCH3 is 1. The molecule has 1 amide bonds. The smallest absolute Gasteiger partial charge is 0.276 e. The van der Waals surface area contributed by atoms with E-state index in [2.05, 4.69) is 5.16 Å². The van der Waals surface area contributed by atoms with Gasteiger partial charge in [0.2, 0.25) is 5.58 Å². The van der Waals surface area contributed by atoms with E-state index >= 15 is 4.39 Å². The molecule has 0 saturated carbocycles. The predicted molar refractivity (Wildman–Crippen MR) is 108 cm³/mol. The summed E-state index contributed by atoms with van der Waals surface area (Å²) in [7, 11) is 1.66. The van der Waals surface area contributed by atoms with Crippen molar-refractivity contribution in [3.8, 4) is 0 Å². The average Bonchev–Trinajstić information content (AvgIpc) is 3.16. The van der Waals surface area contributed by atoms with Crippen LogP contribution in [0.15, 0.2) is 10.6 Å². The molecule has 2 aromatic rings. The number of hydrogen-bond acceptors (Lipinski definition) is 7. The maximum Gasteiger partial charge on any atom is 0.276 e. The van der Waals surface area contributed by atoms with Crippen LogP contribution in [0.25, 0.3) is 11.0 Å². The van der Waals surface area contributed by atoms with Gasteiger partial charge in [0.05, 0.1) is 29.4 Å². The van der Waals surface area contributed by atoms with E-state index in [4.69, 9.17) is 14.0 Å². The van der Waals surface area contributed by atoms with Gasteiger partial charge < -0.3 is 23.8 Å². The zero-order valence-corrected chi connectivity index (χ0v) is 17.4. The Morgan fingerprint density at radius 1 is 1.27 bits per heavy atom. The highest BCUT2D eigenvalue weighted by atomic mass is 19.1. The third-order valence-electron chi connectivity index (χ3n) is 5.84. The summed E-state index contributed by atoms with van der Waals surface area (Å²) in [5.41, 5.74) is 0.239. The number of carbonyl (C=O) groups excluding carboxylic acids is 2. The number of hydrogen-bond donors (Lipinski definition) is 0. The predicted octanol–water partition coefficient (Wildman–Crippen LogP) is 2.64. The number of carbonyl (C=O) groups is 2. The van der Waals surface area contributed by atoms with E-state index in [1.807, 2.05) is 13.8 Å². The van der Waals surface area contributed by atoms with E-state index in [0.29, 0.717) is 32.5 Å². The summed E-state index contributed by atoms with van der Waals surface area (Å²) in [4.78, 5) is 28.2. The van der Waals surface area contributed by atoms with E-state index in [1.54, 1.807) is 16.9 Å².